The van der Waals surface area contributed by atoms with Gasteiger partial charge in [0, 0.05) is 37.6 Å². The summed E-state index contributed by atoms with van der Waals surface area (Å²) in [4.78, 5) is 8.46. The van der Waals surface area contributed by atoms with Gasteiger partial charge in [0.2, 0.25) is 0 Å². The normalized spacial score (nSPS) is 12.2. The molecule has 2 aromatic heterocycles. The number of rotatable bonds is 7. The largest absolute Gasteiger partial charge is 0.269 e. The summed E-state index contributed by atoms with van der Waals surface area (Å²) in [5, 5.41) is 0. The molecule has 4 rings (SSSR count). The number of imidazole rings is 2. The molecule has 32 heavy (non-hydrogen) atoms. The van der Waals surface area contributed by atoms with Crippen LogP contribution in [0.5, 0.6) is 0 Å². The smallest absolute Gasteiger partial charge is 0.241 e. The Morgan fingerprint density at radius 2 is 0.969 bits per heavy atom. The molecule has 0 unspecified atom stereocenters. The number of hydrogen-bond acceptors (Lipinski definition) is 6. The van der Waals surface area contributed by atoms with E-state index >= 15 is 0 Å². The predicted octanol–water partition coefficient (Wildman–Crippen LogP) is 3.35. The fraction of sp³-hybridized carbons (Fsp3) is 0.182. The monoisotopic (exact) mass is 470 g/mol. The average molecular weight is 471 g/mol. The lowest BCUT2D eigenvalue weighted by molar-refractivity contribution is 0.583. The van der Waals surface area contributed by atoms with Crippen LogP contribution >= 0.6 is 0 Å². The Bertz CT molecular complexity index is 1340. The van der Waals surface area contributed by atoms with Crippen molar-refractivity contribution < 1.29 is 16.8 Å². The third kappa shape index (κ3) is 3.76. The van der Waals surface area contributed by atoms with E-state index in [4.69, 9.17) is 0 Å². The van der Waals surface area contributed by atoms with Crippen LogP contribution in [0.25, 0.3) is 11.1 Å². The van der Waals surface area contributed by atoms with Crippen molar-refractivity contribution in [3.63, 3.8) is 0 Å². The van der Waals surface area contributed by atoms with Crippen LogP contribution in [0.15, 0.2) is 83.1 Å². The van der Waals surface area contributed by atoms with Gasteiger partial charge in [0.1, 0.15) is 11.6 Å². The van der Waals surface area contributed by atoms with Gasteiger partial charge in [-0.3, -0.25) is 0 Å². The van der Waals surface area contributed by atoms with Crippen LogP contribution in [0.4, 0.5) is 0 Å². The quantitative estimate of drug-likeness (QED) is 0.410. The lowest BCUT2D eigenvalue weighted by atomic mass is 10.1. The topological polar surface area (TPSA) is 104 Å². The van der Waals surface area contributed by atoms with Gasteiger partial charge in [0.05, 0.1) is 9.79 Å². The predicted molar refractivity (Wildman–Crippen MR) is 120 cm³/mol. The zero-order valence-electron chi connectivity index (χ0n) is 17.6. The summed E-state index contributed by atoms with van der Waals surface area (Å²) < 4.78 is 53.9. The zero-order valence-corrected chi connectivity index (χ0v) is 19.2. The molecular weight excluding hydrogens is 448 g/mol. The summed E-state index contributed by atoms with van der Waals surface area (Å²) in [7, 11) is -7.46. The minimum absolute atomic E-state index is 0.153. The molecule has 2 aromatic carbocycles. The van der Waals surface area contributed by atoms with Gasteiger partial charge in [-0.1, -0.05) is 38.1 Å². The highest BCUT2D eigenvalue weighted by atomic mass is 32.2. The molecule has 10 heteroatoms. The highest BCUT2D eigenvalue weighted by Gasteiger charge is 2.21. The van der Waals surface area contributed by atoms with Crippen molar-refractivity contribution in [3.8, 4) is 11.1 Å². The van der Waals surface area contributed by atoms with Gasteiger partial charge in [-0.2, -0.15) is 0 Å². The second-order valence-electron chi connectivity index (χ2n) is 7.04. The molecule has 0 aliphatic carbocycles. The SMILES string of the molecule is CCc1nccn1S(=O)(=O)c1ccc(-c2ccc(S(=O)(=O)n3ccnc3CC)cc2)cc1. The van der Waals surface area contributed by atoms with Crippen LogP contribution in [0.3, 0.4) is 0 Å². The molecule has 0 aliphatic rings. The first-order valence-electron chi connectivity index (χ1n) is 10.0. The summed E-state index contributed by atoms with van der Waals surface area (Å²) in [6.07, 6.45) is 6.80. The minimum atomic E-state index is -3.73. The van der Waals surface area contributed by atoms with Crippen molar-refractivity contribution in [2.24, 2.45) is 0 Å². The average Bonchev–Trinajstić information content (AvgIpc) is 3.49. The number of benzene rings is 2. The maximum absolute atomic E-state index is 12.9. The highest BCUT2D eigenvalue weighted by Crippen LogP contribution is 2.25. The van der Waals surface area contributed by atoms with Crippen molar-refractivity contribution in [3.05, 3.63) is 85.0 Å². The van der Waals surface area contributed by atoms with E-state index in [2.05, 4.69) is 9.97 Å². The van der Waals surface area contributed by atoms with Gasteiger partial charge in [-0.05, 0) is 35.4 Å². The van der Waals surface area contributed by atoms with Crippen LogP contribution in [0, 0.1) is 0 Å². The summed E-state index contributed by atoms with van der Waals surface area (Å²) >= 11 is 0. The van der Waals surface area contributed by atoms with Crippen LogP contribution < -0.4 is 0 Å². The fourth-order valence-corrected chi connectivity index (χ4v) is 6.19. The maximum Gasteiger partial charge on any atom is 0.269 e. The molecule has 0 saturated heterocycles. The molecule has 0 bridgehead atoms. The van der Waals surface area contributed by atoms with Gasteiger partial charge in [-0.25, -0.2) is 34.7 Å². The van der Waals surface area contributed by atoms with Gasteiger partial charge in [0.15, 0.2) is 0 Å². The second-order valence-corrected chi connectivity index (χ2v) is 10.7. The molecule has 0 aliphatic heterocycles. The van der Waals surface area contributed by atoms with Gasteiger partial charge >= 0.3 is 0 Å². The van der Waals surface area contributed by atoms with Crippen LogP contribution in [-0.4, -0.2) is 34.7 Å². The third-order valence-electron chi connectivity index (χ3n) is 5.15. The lowest BCUT2D eigenvalue weighted by Crippen LogP contribution is -2.15. The Balaban J connectivity index is 1.62. The summed E-state index contributed by atoms with van der Waals surface area (Å²) in [5.41, 5.74) is 1.54. The van der Waals surface area contributed by atoms with Crippen LogP contribution in [0.2, 0.25) is 0 Å². The van der Waals surface area contributed by atoms with Crippen molar-refractivity contribution in [1.29, 1.82) is 0 Å². The van der Waals surface area contributed by atoms with Gasteiger partial charge < -0.3 is 0 Å². The van der Waals surface area contributed by atoms with E-state index in [-0.39, 0.29) is 9.79 Å². The van der Waals surface area contributed by atoms with Crippen molar-refractivity contribution in [2.75, 3.05) is 0 Å². The number of nitrogens with zero attached hydrogens (tertiary/aromatic N) is 4. The van der Waals surface area contributed by atoms with Gasteiger partial charge in [-0.15, -0.1) is 0 Å². The van der Waals surface area contributed by atoms with Gasteiger partial charge in [0.25, 0.3) is 20.0 Å². The van der Waals surface area contributed by atoms with E-state index in [9.17, 15) is 16.8 Å². The molecule has 166 valence electrons. The zero-order chi connectivity index (χ0) is 22.9. The summed E-state index contributed by atoms with van der Waals surface area (Å²) in [5.74, 6) is 0.935. The van der Waals surface area contributed by atoms with Crippen LogP contribution in [-0.2, 0) is 32.9 Å². The Kier molecular flexibility index (Phi) is 5.74. The third-order valence-corrected chi connectivity index (χ3v) is 8.58. The van der Waals surface area contributed by atoms with Crippen molar-refractivity contribution in [1.82, 2.24) is 17.9 Å². The molecular formula is C22H22N4O4S2. The molecule has 0 fully saturated rings. The first-order chi connectivity index (χ1) is 15.3. The van der Waals surface area contributed by atoms with E-state index in [0.29, 0.717) is 24.5 Å². The van der Waals surface area contributed by atoms with E-state index in [1.54, 1.807) is 24.3 Å². The number of hydrogen-bond donors (Lipinski definition) is 0. The maximum atomic E-state index is 12.9. The number of aromatic nitrogens is 4. The second kappa shape index (κ2) is 8.36. The van der Waals surface area contributed by atoms with Crippen molar-refractivity contribution in [2.45, 2.75) is 36.5 Å². The molecule has 0 radical (unpaired) electrons. The van der Waals surface area contributed by atoms with E-state index in [1.165, 1.54) is 57.0 Å². The standard InChI is InChI=1S/C22H22N4O4S2/c1-3-21-23-13-15-25(21)31(27,28)19-9-5-17(6-10-19)18-7-11-20(12-8-18)32(29,30)26-16-14-24-22(26)4-2/h5-16H,3-4H2,1-2H3. The first kappa shape index (κ1) is 22.0. The molecule has 0 atom stereocenters. The summed E-state index contributed by atoms with van der Waals surface area (Å²) in [6.45, 7) is 3.69. The molecule has 0 N–H and O–H groups in total. The van der Waals surface area contributed by atoms with E-state index in [0.717, 1.165) is 11.1 Å². The molecule has 8 nitrogen and oxygen atoms in total. The first-order valence-corrected chi connectivity index (χ1v) is 12.9. The van der Waals surface area contributed by atoms with E-state index in [1.807, 2.05) is 13.8 Å². The Labute approximate surface area is 187 Å². The Morgan fingerprint density at radius 3 is 1.28 bits per heavy atom. The molecule has 0 saturated carbocycles. The van der Waals surface area contributed by atoms with E-state index < -0.39 is 20.0 Å². The number of aryl methyl sites for hydroxylation is 2. The minimum Gasteiger partial charge on any atom is -0.241 e. The molecule has 0 amide bonds. The van der Waals surface area contributed by atoms with Crippen molar-refractivity contribution >= 4 is 20.0 Å². The lowest BCUT2D eigenvalue weighted by Gasteiger charge is -2.10. The molecule has 0 spiro atoms. The van der Waals surface area contributed by atoms with Crippen LogP contribution in [0.1, 0.15) is 25.5 Å². The molecule has 2 heterocycles. The summed E-state index contributed by atoms with van der Waals surface area (Å²) in [6, 6.07) is 12.9. The Hall–Kier alpha value is -3.24. The fourth-order valence-electron chi connectivity index (χ4n) is 3.44. The Morgan fingerprint density at radius 1 is 0.625 bits per heavy atom. The highest BCUT2D eigenvalue weighted by molar-refractivity contribution is 7.90. The molecule has 4 aromatic rings.